The van der Waals surface area contributed by atoms with Crippen LogP contribution in [0.4, 0.5) is 0 Å². The molecule has 0 spiro atoms. The molecule has 0 atom stereocenters. The van der Waals surface area contributed by atoms with Gasteiger partial charge in [0.05, 0.1) is 6.10 Å². The molecule has 1 amide bonds. The molecule has 9 heteroatoms. The summed E-state index contributed by atoms with van der Waals surface area (Å²) in [6.07, 6.45) is 2.97. The molecule has 0 unspecified atom stereocenters. The van der Waals surface area contributed by atoms with Crippen LogP contribution in [-0.2, 0) is 23.6 Å². The van der Waals surface area contributed by atoms with E-state index < -0.39 is 10.0 Å². The number of hydrogen-bond donors (Lipinski definition) is 2. The number of hydrogen-bond acceptors (Lipinski definition) is 5. The zero-order valence-corrected chi connectivity index (χ0v) is 15.4. The third-order valence-corrected chi connectivity index (χ3v) is 4.81. The number of ether oxygens (including phenoxy) is 1. The van der Waals surface area contributed by atoms with E-state index in [2.05, 4.69) is 15.0 Å². The normalized spacial score (nSPS) is 11.6. The summed E-state index contributed by atoms with van der Waals surface area (Å²) in [6.45, 7) is 4.00. The average molecular weight is 366 g/mol. The summed E-state index contributed by atoms with van der Waals surface area (Å²) in [7, 11) is -0.669. The van der Waals surface area contributed by atoms with Gasteiger partial charge in [0.1, 0.15) is 10.6 Å². The predicted molar refractivity (Wildman–Crippen MR) is 92.8 cm³/mol. The smallest absolute Gasteiger partial charge is 0.268 e. The van der Waals surface area contributed by atoms with Gasteiger partial charge in [-0.05, 0) is 33.0 Å². The number of sulfonamides is 1. The van der Waals surface area contributed by atoms with Gasteiger partial charge in [0.25, 0.3) is 5.91 Å². The van der Waals surface area contributed by atoms with Crippen molar-refractivity contribution >= 4 is 15.9 Å². The zero-order valence-electron chi connectivity index (χ0n) is 14.6. The summed E-state index contributed by atoms with van der Waals surface area (Å²) in [6, 6.07) is 4.90. The van der Waals surface area contributed by atoms with Crippen LogP contribution in [0.1, 0.15) is 29.9 Å². The molecule has 2 heterocycles. The lowest BCUT2D eigenvalue weighted by molar-refractivity contribution is 0.0942. The molecule has 8 nitrogen and oxygen atoms in total. The van der Waals surface area contributed by atoms with E-state index in [1.807, 2.05) is 19.9 Å². The minimum atomic E-state index is -3.60. The van der Waals surface area contributed by atoms with Crippen molar-refractivity contribution in [2.24, 2.45) is 7.05 Å². The first-order chi connectivity index (χ1) is 11.7. The molecular weight excluding hydrogens is 344 g/mol. The van der Waals surface area contributed by atoms with Crippen molar-refractivity contribution in [3.63, 3.8) is 0 Å². The number of aromatic nitrogens is 2. The predicted octanol–water partition coefficient (Wildman–Crippen LogP) is 1.05. The molecule has 0 saturated carbocycles. The quantitative estimate of drug-likeness (QED) is 0.762. The van der Waals surface area contributed by atoms with Gasteiger partial charge >= 0.3 is 0 Å². The van der Waals surface area contributed by atoms with Crippen molar-refractivity contribution in [1.82, 2.24) is 19.6 Å². The van der Waals surface area contributed by atoms with Crippen LogP contribution < -0.4 is 14.8 Å². The van der Waals surface area contributed by atoms with Gasteiger partial charge in [0, 0.05) is 31.5 Å². The number of nitrogens with one attached hydrogen (secondary N) is 2. The van der Waals surface area contributed by atoms with E-state index in [1.54, 1.807) is 19.3 Å². The van der Waals surface area contributed by atoms with E-state index in [-0.39, 0.29) is 29.1 Å². The van der Waals surface area contributed by atoms with E-state index in [0.717, 1.165) is 5.56 Å². The number of pyridine rings is 1. The molecule has 2 N–H and O–H groups in total. The molecule has 2 aromatic heterocycles. The first kappa shape index (κ1) is 18.9. The number of rotatable bonds is 7. The van der Waals surface area contributed by atoms with Crippen molar-refractivity contribution in [3.05, 3.63) is 41.9 Å². The SMILES string of the molecule is CNS(=O)(=O)c1cc(C(=O)NCc2cccnc2OC(C)C)n(C)c1. The van der Waals surface area contributed by atoms with Gasteiger partial charge in [0.15, 0.2) is 0 Å². The Morgan fingerprint density at radius 2 is 2.12 bits per heavy atom. The Morgan fingerprint density at radius 3 is 2.76 bits per heavy atom. The molecule has 0 aliphatic rings. The topological polar surface area (TPSA) is 102 Å². The standard InChI is InChI=1S/C16H22N4O4S/c1-11(2)24-16-12(6-5-7-18-16)9-19-15(21)14-8-13(10-20(14)4)25(22,23)17-3/h5-8,10-11,17H,9H2,1-4H3,(H,19,21). The third kappa shape index (κ3) is 4.58. The highest BCUT2D eigenvalue weighted by molar-refractivity contribution is 7.89. The Labute approximate surface area is 147 Å². The molecule has 0 bridgehead atoms. The van der Waals surface area contributed by atoms with Gasteiger partial charge in [-0.25, -0.2) is 18.1 Å². The lowest BCUT2D eigenvalue weighted by atomic mass is 10.2. The number of nitrogens with zero attached hydrogens (tertiary/aromatic N) is 2. The molecular formula is C16H22N4O4S. The lowest BCUT2D eigenvalue weighted by Gasteiger charge is -2.13. The van der Waals surface area contributed by atoms with Gasteiger partial charge in [-0.3, -0.25) is 4.79 Å². The van der Waals surface area contributed by atoms with E-state index in [4.69, 9.17) is 4.74 Å². The van der Waals surface area contributed by atoms with Crippen LogP contribution in [0, 0.1) is 0 Å². The van der Waals surface area contributed by atoms with Crippen LogP contribution in [0.25, 0.3) is 0 Å². The number of carbonyl (C=O) groups is 1. The summed E-state index contributed by atoms with van der Waals surface area (Å²) in [4.78, 5) is 16.6. The van der Waals surface area contributed by atoms with E-state index in [1.165, 1.54) is 23.9 Å². The van der Waals surface area contributed by atoms with E-state index in [0.29, 0.717) is 5.88 Å². The molecule has 0 aliphatic heterocycles. The maximum absolute atomic E-state index is 12.4. The van der Waals surface area contributed by atoms with Crippen LogP contribution in [0.5, 0.6) is 5.88 Å². The highest BCUT2D eigenvalue weighted by Crippen LogP contribution is 2.17. The molecule has 0 aliphatic carbocycles. The van der Waals surface area contributed by atoms with Crippen molar-refractivity contribution in [2.75, 3.05) is 7.05 Å². The van der Waals surface area contributed by atoms with E-state index >= 15 is 0 Å². The van der Waals surface area contributed by atoms with Gasteiger partial charge < -0.3 is 14.6 Å². The molecule has 0 saturated heterocycles. The van der Waals surface area contributed by atoms with Crippen molar-refractivity contribution in [3.8, 4) is 5.88 Å². The molecule has 2 rings (SSSR count). The second kappa shape index (κ2) is 7.66. The largest absolute Gasteiger partial charge is 0.475 e. The first-order valence-corrected chi connectivity index (χ1v) is 9.21. The Kier molecular flexibility index (Phi) is 5.81. The number of aryl methyl sites for hydroxylation is 1. The lowest BCUT2D eigenvalue weighted by Crippen LogP contribution is -2.25. The first-order valence-electron chi connectivity index (χ1n) is 7.73. The highest BCUT2D eigenvalue weighted by Gasteiger charge is 2.19. The maximum atomic E-state index is 12.4. The minimum absolute atomic E-state index is 0.0351. The Balaban J connectivity index is 2.14. The second-order valence-electron chi connectivity index (χ2n) is 5.70. The van der Waals surface area contributed by atoms with Crippen LogP contribution in [0.15, 0.2) is 35.5 Å². The maximum Gasteiger partial charge on any atom is 0.268 e. The summed E-state index contributed by atoms with van der Waals surface area (Å²) < 4.78 is 33.0. The Morgan fingerprint density at radius 1 is 1.40 bits per heavy atom. The van der Waals surface area contributed by atoms with Crippen LogP contribution in [-0.4, -0.2) is 37.0 Å². The molecule has 0 aromatic carbocycles. The van der Waals surface area contributed by atoms with E-state index in [9.17, 15) is 13.2 Å². The highest BCUT2D eigenvalue weighted by atomic mass is 32.2. The minimum Gasteiger partial charge on any atom is -0.475 e. The molecule has 0 fully saturated rings. The molecule has 25 heavy (non-hydrogen) atoms. The second-order valence-corrected chi connectivity index (χ2v) is 7.58. The Bertz CT molecular complexity index is 859. The van der Waals surface area contributed by atoms with Gasteiger partial charge in [-0.15, -0.1) is 0 Å². The zero-order chi connectivity index (χ0) is 18.6. The van der Waals surface area contributed by atoms with Crippen molar-refractivity contribution in [1.29, 1.82) is 0 Å². The van der Waals surface area contributed by atoms with Crippen LogP contribution >= 0.6 is 0 Å². The molecule has 0 radical (unpaired) electrons. The molecule has 136 valence electrons. The fourth-order valence-corrected chi connectivity index (χ4v) is 2.98. The van der Waals surface area contributed by atoms with Crippen molar-refractivity contribution in [2.45, 2.75) is 31.4 Å². The summed E-state index contributed by atoms with van der Waals surface area (Å²) in [5.41, 5.74) is 0.978. The number of carbonyl (C=O) groups excluding carboxylic acids is 1. The Hall–Kier alpha value is -2.39. The summed E-state index contributed by atoms with van der Waals surface area (Å²) >= 11 is 0. The fraction of sp³-hybridized carbons (Fsp3) is 0.375. The van der Waals surface area contributed by atoms with Crippen LogP contribution in [0.3, 0.4) is 0 Å². The fourth-order valence-electron chi connectivity index (χ4n) is 2.18. The molecule has 2 aromatic rings. The van der Waals surface area contributed by atoms with Gasteiger partial charge in [-0.2, -0.15) is 0 Å². The van der Waals surface area contributed by atoms with Crippen LogP contribution in [0.2, 0.25) is 0 Å². The summed E-state index contributed by atoms with van der Waals surface area (Å²) in [5, 5.41) is 2.76. The average Bonchev–Trinajstić information content (AvgIpc) is 2.96. The third-order valence-electron chi connectivity index (χ3n) is 3.43. The van der Waals surface area contributed by atoms with Crippen molar-refractivity contribution < 1.29 is 17.9 Å². The van der Waals surface area contributed by atoms with Gasteiger partial charge in [0.2, 0.25) is 15.9 Å². The summed E-state index contributed by atoms with van der Waals surface area (Å²) in [5.74, 6) is 0.0718. The number of amides is 1. The monoisotopic (exact) mass is 366 g/mol. The van der Waals surface area contributed by atoms with Gasteiger partial charge in [-0.1, -0.05) is 6.07 Å².